The number of hydrogen-bond donors (Lipinski definition) is 0. The molecule has 0 bridgehead atoms. The van der Waals surface area contributed by atoms with Crippen LogP contribution in [0.1, 0.15) is 11.1 Å². The maximum Gasteiger partial charge on any atom is 0.469 e. The third kappa shape index (κ3) is 31.1. The van der Waals surface area contributed by atoms with E-state index in [9.17, 15) is 0 Å². The molecule has 9 nitrogen and oxygen atoms in total. The quantitative estimate of drug-likeness (QED) is 0.0495. The summed E-state index contributed by atoms with van der Waals surface area (Å²) in [4.78, 5) is 0. The van der Waals surface area contributed by atoms with Crippen LogP contribution in [0, 0.1) is 0 Å². The van der Waals surface area contributed by atoms with Crippen molar-refractivity contribution in [3.8, 4) is 0 Å². The summed E-state index contributed by atoms with van der Waals surface area (Å²) in [5.74, 6) is 0. The van der Waals surface area contributed by atoms with Crippen molar-refractivity contribution < 1.29 is 37.0 Å². The van der Waals surface area contributed by atoms with E-state index in [1.165, 1.54) is 11.1 Å². The Morgan fingerprint density at radius 1 is 0.375 bits per heavy atom. The summed E-state index contributed by atoms with van der Waals surface area (Å²) >= 11 is 0. The minimum atomic E-state index is -3.32. The van der Waals surface area contributed by atoms with Gasteiger partial charge >= 0.3 is 17.6 Å². The lowest BCUT2D eigenvalue weighted by Gasteiger charge is -2.47. The van der Waals surface area contributed by atoms with Gasteiger partial charge in [-0.3, -0.25) is 0 Å². The van der Waals surface area contributed by atoms with E-state index in [4.69, 9.17) is 37.0 Å². The van der Waals surface area contributed by atoms with Crippen LogP contribution in [-0.4, -0.2) is 122 Å². The summed E-state index contributed by atoms with van der Waals surface area (Å²) in [6.45, 7) is 57.6. The Kier molecular flexibility index (Phi) is 25.7. The van der Waals surface area contributed by atoms with Gasteiger partial charge in [-0.25, -0.2) is 0 Å². The monoisotopic (exact) mass is 1130 g/mol. The molecule has 0 fully saturated rings. The fourth-order valence-electron chi connectivity index (χ4n) is 7.42. The first-order valence-electron chi connectivity index (χ1n) is 24.4. The van der Waals surface area contributed by atoms with E-state index in [0.29, 0.717) is 0 Å². The average molecular weight is 1130 g/mol. The van der Waals surface area contributed by atoms with Gasteiger partial charge in [0, 0.05) is 12.1 Å². The molecule has 0 aliphatic carbocycles. The van der Waals surface area contributed by atoms with Crippen molar-refractivity contribution in [3.63, 3.8) is 0 Å². The van der Waals surface area contributed by atoms with Gasteiger partial charge in [0.05, 0.1) is 0 Å². The van der Waals surface area contributed by atoms with Gasteiger partial charge in [0.25, 0.3) is 0 Å². The maximum atomic E-state index is 7.94. The molecule has 23 heteroatoms. The Bertz CT molecular complexity index is 1440. The summed E-state index contributed by atoms with van der Waals surface area (Å²) in [5, 5.41) is 0. The first kappa shape index (κ1) is 63.7. The lowest BCUT2D eigenvalue weighted by molar-refractivity contribution is 0.241. The molecule has 0 saturated heterocycles. The minimum Gasteiger partial charge on any atom is -0.461 e. The molecule has 0 radical (unpaired) electrons. The molecule has 0 amide bonds. The van der Waals surface area contributed by atoms with Gasteiger partial charge in [0.2, 0.25) is 0 Å². The molecule has 1 rings (SSSR count). The van der Waals surface area contributed by atoms with Gasteiger partial charge in [0.15, 0.2) is 74.9 Å². The van der Waals surface area contributed by atoms with E-state index < -0.39 is 122 Å². The van der Waals surface area contributed by atoms with Crippen molar-refractivity contribution in [3.05, 3.63) is 42.0 Å². The standard InChI is InChI=1S/C41H102O9Si14/c1-25-40-26-28-41(29-27-40)30-31-51-44-59(17,18)36-38-64(48-60(19,20)34-32-52-42-54(2,3)4,49-61(21,22)35-33-53-43-55(5,6)7)50-62(23,24)37-39-63(45-56(8,9)10,46-57(11,12)13)47-58(14,15)16/h25-29H,1,30-39,51-53H2,2-24H3. The van der Waals surface area contributed by atoms with Crippen LogP contribution in [0.3, 0.4) is 0 Å². The summed E-state index contributed by atoms with van der Waals surface area (Å²) in [7, 11) is -26.8. The van der Waals surface area contributed by atoms with Gasteiger partial charge in [-0.05, 0) is 210 Å². The molecule has 0 aliphatic rings. The molecule has 0 aliphatic heterocycles. The zero-order chi connectivity index (χ0) is 49.7. The molecule has 0 heterocycles. The van der Waals surface area contributed by atoms with Crippen molar-refractivity contribution in [2.45, 2.75) is 211 Å². The fourth-order valence-corrected chi connectivity index (χ4v) is 60.9. The van der Waals surface area contributed by atoms with Gasteiger partial charge in [-0.2, -0.15) is 0 Å². The van der Waals surface area contributed by atoms with Crippen LogP contribution >= 0.6 is 0 Å². The fraction of sp³-hybridized carbons (Fsp3) is 0.805. The van der Waals surface area contributed by atoms with Gasteiger partial charge in [-0.15, -0.1) is 0 Å². The second kappa shape index (κ2) is 25.8. The normalized spacial score (nSPS) is 16.0. The summed E-state index contributed by atoms with van der Waals surface area (Å²) in [6, 6.07) is 17.7. The van der Waals surface area contributed by atoms with Crippen LogP contribution in [0.4, 0.5) is 0 Å². The first-order valence-corrected chi connectivity index (χ1v) is 62.5. The Hall–Kier alpha value is 1.64. The smallest absolute Gasteiger partial charge is 0.461 e. The topological polar surface area (TPSA) is 83.1 Å². The average Bonchev–Trinajstić information content (AvgIpc) is 3.05. The first-order chi connectivity index (χ1) is 28.6. The van der Waals surface area contributed by atoms with Gasteiger partial charge in [0.1, 0.15) is 29.3 Å². The molecule has 0 spiro atoms. The second-order valence-electron chi connectivity index (χ2n) is 25.4. The number of aryl methyl sites for hydroxylation is 1. The number of rotatable bonds is 34. The lowest BCUT2D eigenvalue weighted by atomic mass is 10.1. The highest BCUT2D eigenvalue weighted by Crippen LogP contribution is 2.38. The van der Waals surface area contributed by atoms with Crippen molar-refractivity contribution in [1.29, 1.82) is 0 Å². The van der Waals surface area contributed by atoms with E-state index in [1.54, 1.807) is 0 Å². The predicted molar refractivity (Wildman–Crippen MR) is 317 cm³/mol. The zero-order valence-corrected chi connectivity index (χ0v) is 61.2. The second-order valence-corrected chi connectivity index (χ2v) is 78.0. The Morgan fingerprint density at radius 3 is 1.05 bits per heavy atom. The zero-order valence-electron chi connectivity index (χ0n) is 46.0. The summed E-state index contributed by atoms with van der Waals surface area (Å²) in [5.41, 5.74) is 2.54. The molecule has 376 valence electrons. The summed E-state index contributed by atoms with van der Waals surface area (Å²) < 4.78 is 65.3. The van der Waals surface area contributed by atoms with Gasteiger partial charge < -0.3 is 37.0 Å². The third-order valence-electron chi connectivity index (χ3n) is 9.98. The van der Waals surface area contributed by atoms with Crippen molar-refractivity contribution in [2.75, 3.05) is 0 Å². The molecule has 0 atom stereocenters. The SMILES string of the molecule is C=Cc1ccc(CC[SiH2]O[Si](C)(C)CC[Si](O[Si](C)(C)CC[SiH2]O[Si](C)(C)C)(O[Si](C)(C)CC[SiH2]O[Si](C)(C)C)O[Si](C)(C)CC[Si](O[Si](C)(C)C)(O[Si](C)(C)C)O[Si](C)(C)C)cc1. The van der Waals surface area contributed by atoms with Crippen molar-refractivity contribution >= 4 is 128 Å². The predicted octanol–water partition coefficient (Wildman–Crippen LogP) is 12.4. The molecular weight excluding hydrogens is 1030 g/mol. The van der Waals surface area contributed by atoms with Crippen LogP contribution in [-0.2, 0) is 43.5 Å². The highest BCUT2D eigenvalue weighted by Gasteiger charge is 2.55. The third-order valence-corrected chi connectivity index (χ3v) is 56.0. The van der Waals surface area contributed by atoms with E-state index in [2.05, 4.69) is 181 Å². The van der Waals surface area contributed by atoms with Gasteiger partial charge in [-0.1, -0.05) is 36.9 Å². The Morgan fingerprint density at radius 2 is 0.703 bits per heavy atom. The van der Waals surface area contributed by atoms with E-state index in [0.717, 1.165) is 60.8 Å². The number of hydrogen-bond acceptors (Lipinski definition) is 9. The van der Waals surface area contributed by atoms with Crippen LogP contribution in [0.25, 0.3) is 6.08 Å². The Labute approximate surface area is 415 Å². The van der Waals surface area contributed by atoms with Crippen LogP contribution < -0.4 is 0 Å². The molecule has 1 aromatic carbocycles. The molecular formula is C41H102O9Si14. The molecule has 64 heavy (non-hydrogen) atoms. The largest absolute Gasteiger partial charge is 0.469 e. The lowest BCUT2D eigenvalue weighted by Crippen LogP contribution is -2.63. The molecule has 0 unspecified atom stereocenters. The molecule has 0 aromatic heterocycles. The van der Waals surface area contributed by atoms with E-state index >= 15 is 0 Å². The van der Waals surface area contributed by atoms with Crippen LogP contribution in [0.5, 0.6) is 0 Å². The van der Waals surface area contributed by atoms with E-state index in [1.807, 2.05) is 6.08 Å². The molecule has 0 saturated carbocycles. The Balaban J connectivity index is 3.76. The highest BCUT2D eigenvalue weighted by molar-refractivity contribution is 6.93. The molecule has 1 aromatic rings. The van der Waals surface area contributed by atoms with Crippen molar-refractivity contribution in [1.82, 2.24) is 0 Å². The van der Waals surface area contributed by atoms with E-state index in [-0.39, 0.29) is 0 Å². The van der Waals surface area contributed by atoms with Crippen LogP contribution in [0.15, 0.2) is 30.8 Å². The molecule has 0 N–H and O–H groups in total. The minimum absolute atomic E-state index is 0.634. The van der Waals surface area contributed by atoms with Crippen LogP contribution in [0.2, 0.25) is 205 Å². The summed E-state index contributed by atoms with van der Waals surface area (Å²) in [6.07, 6.45) is 2.97. The maximum absolute atomic E-state index is 7.94. The highest BCUT2D eigenvalue weighted by atomic mass is 28.5. The number of benzene rings is 1. The van der Waals surface area contributed by atoms with Crippen molar-refractivity contribution in [2.24, 2.45) is 0 Å².